The molecule has 0 atom stereocenters. The van der Waals surface area contributed by atoms with Gasteiger partial charge in [-0.2, -0.15) is 5.10 Å². The van der Waals surface area contributed by atoms with E-state index in [4.69, 9.17) is 4.74 Å². The predicted molar refractivity (Wildman–Crippen MR) is 110 cm³/mol. The van der Waals surface area contributed by atoms with Crippen LogP contribution in [0.5, 0.6) is 5.75 Å². The lowest BCUT2D eigenvalue weighted by atomic mass is 10.1. The molecule has 1 N–H and O–H groups in total. The fraction of sp³-hybridized carbons (Fsp3) is 0.0952. The molecule has 4 rings (SSSR count). The number of hydrogen-bond donors (Lipinski definition) is 1. The minimum atomic E-state index is -0.293. The SMILES string of the molecule is COc1ccccc1-c1csc(NC(=O)c2cc(C)n(-c3ccccc3)n2)n1. The summed E-state index contributed by atoms with van der Waals surface area (Å²) in [5.74, 6) is 0.446. The maximum absolute atomic E-state index is 12.6. The highest BCUT2D eigenvalue weighted by Gasteiger charge is 2.16. The van der Waals surface area contributed by atoms with Gasteiger partial charge >= 0.3 is 0 Å². The van der Waals surface area contributed by atoms with Gasteiger partial charge in [0.1, 0.15) is 5.75 Å². The zero-order valence-electron chi connectivity index (χ0n) is 15.4. The summed E-state index contributed by atoms with van der Waals surface area (Å²) < 4.78 is 7.13. The van der Waals surface area contributed by atoms with Crippen molar-refractivity contribution in [2.45, 2.75) is 6.92 Å². The number of benzene rings is 2. The summed E-state index contributed by atoms with van der Waals surface area (Å²) in [6, 6.07) is 19.1. The van der Waals surface area contributed by atoms with Crippen LogP contribution in [0.15, 0.2) is 66.0 Å². The Morgan fingerprint density at radius 2 is 1.86 bits per heavy atom. The number of hydrogen-bond acceptors (Lipinski definition) is 5. The average molecular weight is 390 g/mol. The summed E-state index contributed by atoms with van der Waals surface area (Å²) in [5, 5.41) is 9.66. The first-order valence-electron chi connectivity index (χ1n) is 8.68. The number of carbonyl (C=O) groups excluding carboxylic acids is 1. The van der Waals surface area contributed by atoms with Gasteiger partial charge in [0.05, 0.1) is 18.5 Å². The van der Waals surface area contributed by atoms with Crippen molar-refractivity contribution in [1.29, 1.82) is 0 Å². The van der Waals surface area contributed by atoms with Crippen LogP contribution in [0, 0.1) is 6.92 Å². The summed E-state index contributed by atoms with van der Waals surface area (Å²) in [4.78, 5) is 17.1. The molecule has 0 aliphatic rings. The van der Waals surface area contributed by atoms with Crippen LogP contribution in [-0.2, 0) is 0 Å². The first kappa shape index (κ1) is 17.9. The number of ether oxygens (including phenoxy) is 1. The second kappa shape index (κ2) is 7.66. The van der Waals surface area contributed by atoms with Crippen molar-refractivity contribution in [3.8, 4) is 22.7 Å². The van der Waals surface area contributed by atoms with E-state index in [1.54, 1.807) is 17.9 Å². The number of methoxy groups -OCH3 is 1. The van der Waals surface area contributed by atoms with E-state index in [1.165, 1.54) is 11.3 Å². The molecule has 0 saturated heterocycles. The Morgan fingerprint density at radius 1 is 1.11 bits per heavy atom. The minimum Gasteiger partial charge on any atom is -0.496 e. The molecule has 0 aliphatic carbocycles. The normalized spacial score (nSPS) is 10.6. The topological polar surface area (TPSA) is 69.0 Å². The number of anilines is 1. The molecule has 0 saturated carbocycles. The van der Waals surface area contributed by atoms with Crippen LogP contribution < -0.4 is 10.1 Å². The number of nitrogens with zero attached hydrogens (tertiary/aromatic N) is 3. The van der Waals surface area contributed by atoms with E-state index in [9.17, 15) is 4.79 Å². The summed E-state index contributed by atoms with van der Waals surface area (Å²) in [7, 11) is 1.62. The van der Waals surface area contributed by atoms with Crippen LogP contribution in [0.2, 0.25) is 0 Å². The van der Waals surface area contributed by atoms with E-state index in [1.807, 2.05) is 66.9 Å². The van der Waals surface area contributed by atoms with Crippen LogP contribution >= 0.6 is 11.3 Å². The molecule has 2 heterocycles. The molecule has 0 radical (unpaired) electrons. The van der Waals surface area contributed by atoms with Crippen LogP contribution in [-0.4, -0.2) is 27.8 Å². The van der Waals surface area contributed by atoms with Gasteiger partial charge in [0.25, 0.3) is 5.91 Å². The Labute approximate surface area is 166 Å². The molecule has 0 aliphatic heterocycles. The molecule has 2 aromatic carbocycles. The summed E-state index contributed by atoms with van der Waals surface area (Å²) in [6.45, 7) is 1.92. The molecule has 7 heteroatoms. The number of aromatic nitrogens is 3. The van der Waals surface area contributed by atoms with Gasteiger partial charge in [-0.25, -0.2) is 9.67 Å². The van der Waals surface area contributed by atoms with Crippen LogP contribution in [0.4, 0.5) is 5.13 Å². The second-order valence-corrected chi connectivity index (χ2v) is 6.97. The Morgan fingerprint density at radius 3 is 2.64 bits per heavy atom. The molecule has 2 aromatic heterocycles. The molecule has 140 valence electrons. The fourth-order valence-corrected chi connectivity index (χ4v) is 3.59. The monoisotopic (exact) mass is 390 g/mol. The molecule has 6 nitrogen and oxygen atoms in total. The van der Waals surface area contributed by atoms with E-state index in [2.05, 4.69) is 15.4 Å². The maximum Gasteiger partial charge on any atom is 0.277 e. The summed E-state index contributed by atoms with van der Waals surface area (Å²) in [5.41, 5.74) is 3.77. The lowest BCUT2D eigenvalue weighted by Gasteiger charge is -2.05. The third kappa shape index (κ3) is 3.52. The third-order valence-electron chi connectivity index (χ3n) is 4.23. The number of carbonyl (C=O) groups is 1. The Kier molecular flexibility index (Phi) is 4.90. The highest BCUT2D eigenvalue weighted by Crippen LogP contribution is 2.32. The van der Waals surface area contributed by atoms with E-state index >= 15 is 0 Å². The Bertz CT molecular complexity index is 1120. The Hall–Kier alpha value is -3.45. The quantitative estimate of drug-likeness (QED) is 0.542. The van der Waals surface area contributed by atoms with Crippen LogP contribution in [0.3, 0.4) is 0 Å². The standard InChI is InChI=1S/C21H18N4O2S/c1-14-12-17(24-25(14)15-8-4-3-5-9-15)20(26)23-21-22-18(13-28-21)16-10-6-7-11-19(16)27-2/h3-13H,1-2H3,(H,22,23,26). The summed E-state index contributed by atoms with van der Waals surface area (Å²) >= 11 is 1.36. The highest BCUT2D eigenvalue weighted by molar-refractivity contribution is 7.14. The van der Waals surface area contributed by atoms with Crippen molar-refractivity contribution in [2.24, 2.45) is 0 Å². The molecule has 0 spiro atoms. The summed E-state index contributed by atoms with van der Waals surface area (Å²) in [6.07, 6.45) is 0. The third-order valence-corrected chi connectivity index (χ3v) is 4.99. The van der Waals surface area contributed by atoms with Gasteiger partial charge < -0.3 is 4.74 Å². The van der Waals surface area contributed by atoms with E-state index in [0.717, 1.165) is 28.4 Å². The number of amides is 1. The van der Waals surface area contributed by atoms with E-state index in [-0.39, 0.29) is 5.91 Å². The molecule has 0 bridgehead atoms. The largest absolute Gasteiger partial charge is 0.496 e. The van der Waals surface area contributed by atoms with Gasteiger partial charge in [-0.3, -0.25) is 10.1 Å². The molecule has 4 aromatic rings. The number of rotatable bonds is 5. The molecular formula is C21H18N4O2S. The maximum atomic E-state index is 12.6. The molecule has 0 unspecified atom stereocenters. The second-order valence-electron chi connectivity index (χ2n) is 6.11. The van der Waals surface area contributed by atoms with Crippen molar-refractivity contribution in [2.75, 3.05) is 12.4 Å². The lowest BCUT2D eigenvalue weighted by Crippen LogP contribution is -2.13. The minimum absolute atomic E-state index is 0.293. The zero-order valence-corrected chi connectivity index (χ0v) is 16.2. The van der Waals surface area contributed by atoms with Gasteiger partial charge in [-0.15, -0.1) is 11.3 Å². The van der Waals surface area contributed by atoms with Crippen molar-refractivity contribution in [3.63, 3.8) is 0 Å². The van der Waals surface area contributed by atoms with Gasteiger partial charge in [-0.05, 0) is 37.3 Å². The van der Waals surface area contributed by atoms with Gasteiger partial charge in [0.2, 0.25) is 0 Å². The zero-order chi connectivity index (χ0) is 19.5. The van der Waals surface area contributed by atoms with Crippen LogP contribution in [0.1, 0.15) is 16.2 Å². The first-order chi connectivity index (χ1) is 13.7. The van der Waals surface area contributed by atoms with Gasteiger partial charge in [-0.1, -0.05) is 30.3 Å². The molecule has 0 fully saturated rings. The number of nitrogens with one attached hydrogen (secondary N) is 1. The Balaban J connectivity index is 1.55. The number of aryl methyl sites for hydroxylation is 1. The van der Waals surface area contributed by atoms with Crippen molar-refractivity contribution in [1.82, 2.24) is 14.8 Å². The first-order valence-corrected chi connectivity index (χ1v) is 9.56. The molecule has 1 amide bonds. The molecular weight excluding hydrogens is 372 g/mol. The fourth-order valence-electron chi connectivity index (χ4n) is 2.89. The average Bonchev–Trinajstić information content (AvgIpc) is 3.35. The van der Waals surface area contributed by atoms with Crippen LogP contribution in [0.25, 0.3) is 16.9 Å². The highest BCUT2D eigenvalue weighted by atomic mass is 32.1. The smallest absolute Gasteiger partial charge is 0.277 e. The number of para-hydroxylation sites is 2. The van der Waals surface area contributed by atoms with Crippen molar-refractivity contribution >= 4 is 22.4 Å². The van der Waals surface area contributed by atoms with E-state index in [0.29, 0.717) is 10.8 Å². The molecule has 28 heavy (non-hydrogen) atoms. The van der Waals surface area contributed by atoms with Crippen molar-refractivity contribution in [3.05, 3.63) is 77.4 Å². The number of thiazole rings is 1. The lowest BCUT2D eigenvalue weighted by molar-refractivity contribution is 0.102. The van der Waals surface area contributed by atoms with E-state index < -0.39 is 0 Å². The van der Waals surface area contributed by atoms with Gasteiger partial charge in [0, 0.05) is 16.6 Å². The predicted octanol–water partition coefficient (Wildman–Crippen LogP) is 4.57. The van der Waals surface area contributed by atoms with Gasteiger partial charge in [0.15, 0.2) is 10.8 Å². The van der Waals surface area contributed by atoms with Crippen molar-refractivity contribution < 1.29 is 9.53 Å².